The fourth-order valence-corrected chi connectivity index (χ4v) is 1.90. The lowest BCUT2D eigenvalue weighted by molar-refractivity contribution is 0.0499. The van der Waals surface area contributed by atoms with Crippen LogP contribution < -0.4 is 0 Å². The Bertz CT molecular complexity index is 490. The summed E-state index contributed by atoms with van der Waals surface area (Å²) in [5, 5.41) is 11.0. The molecule has 0 radical (unpaired) electrons. The van der Waals surface area contributed by atoms with Crippen molar-refractivity contribution in [1.82, 2.24) is 4.98 Å². The molecule has 1 atom stereocenters. The van der Waals surface area contributed by atoms with Crippen LogP contribution in [-0.2, 0) is 11.2 Å². The van der Waals surface area contributed by atoms with Gasteiger partial charge in [0.2, 0.25) is 0 Å². The van der Waals surface area contributed by atoms with Crippen molar-refractivity contribution in [2.45, 2.75) is 12.5 Å². The molecule has 2 N–H and O–H groups in total. The maximum Gasteiger partial charge on any atom is 0.0814 e. The van der Waals surface area contributed by atoms with Crippen LogP contribution in [0.2, 0.25) is 0 Å². The molecule has 0 aliphatic rings. The van der Waals surface area contributed by atoms with Crippen molar-refractivity contribution >= 4 is 10.9 Å². The number of nitrogens with one attached hydrogen (secondary N) is 1. The van der Waals surface area contributed by atoms with Crippen LogP contribution in [0.3, 0.4) is 0 Å². The molecule has 2 aromatic rings. The lowest BCUT2D eigenvalue weighted by Crippen LogP contribution is -2.18. The molecule has 2 rings (SSSR count). The van der Waals surface area contributed by atoms with E-state index in [0.29, 0.717) is 19.6 Å². The Morgan fingerprint density at radius 1 is 1.41 bits per heavy atom. The molecule has 0 amide bonds. The van der Waals surface area contributed by atoms with E-state index < -0.39 is 6.10 Å². The number of para-hydroxylation sites is 1. The molecule has 0 aliphatic heterocycles. The van der Waals surface area contributed by atoms with E-state index in [0.717, 1.165) is 16.5 Å². The van der Waals surface area contributed by atoms with Crippen LogP contribution in [0.5, 0.6) is 0 Å². The van der Waals surface area contributed by atoms with E-state index in [1.165, 1.54) is 0 Å². The molecule has 90 valence electrons. The second-order valence-corrected chi connectivity index (χ2v) is 4.04. The predicted molar refractivity (Wildman–Crippen MR) is 69.0 cm³/mol. The predicted octanol–water partition coefficient (Wildman–Crippen LogP) is 2.27. The molecule has 0 saturated carbocycles. The first-order valence-corrected chi connectivity index (χ1v) is 5.73. The van der Waals surface area contributed by atoms with Crippen LogP contribution in [0.25, 0.3) is 10.9 Å². The van der Waals surface area contributed by atoms with Gasteiger partial charge in [-0.05, 0) is 11.6 Å². The number of aliphatic hydroxyl groups is 1. The molecule has 1 aromatic carbocycles. The number of rotatable bonds is 6. The molecule has 1 heterocycles. The second kappa shape index (κ2) is 5.66. The van der Waals surface area contributed by atoms with E-state index in [9.17, 15) is 5.11 Å². The van der Waals surface area contributed by atoms with Gasteiger partial charge in [-0.3, -0.25) is 0 Å². The Labute approximate surface area is 101 Å². The summed E-state index contributed by atoms with van der Waals surface area (Å²) >= 11 is 0. The summed E-state index contributed by atoms with van der Waals surface area (Å²) in [7, 11) is 0. The zero-order valence-corrected chi connectivity index (χ0v) is 9.73. The molecule has 17 heavy (non-hydrogen) atoms. The van der Waals surface area contributed by atoms with E-state index in [1.54, 1.807) is 6.08 Å². The van der Waals surface area contributed by atoms with Crippen molar-refractivity contribution in [3.63, 3.8) is 0 Å². The average molecular weight is 231 g/mol. The topological polar surface area (TPSA) is 45.2 Å². The van der Waals surface area contributed by atoms with Crippen molar-refractivity contribution in [3.05, 3.63) is 48.7 Å². The van der Waals surface area contributed by atoms with Gasteiger partial charge in [0.25, 0.3) is 0 Å². The van der Waals surface area contributed by atoms with Gasteiger partial charge in [0.1, 0.15) is 0 Å². The second-order valence-electron chi connectivity index (χ2n) is 4.04. The molecular weight excluding hydrogens is 214 g/mol. The van der Waals surface area contributed by atoms with Gasteiger partial charge in [0.15, 0.2) is 0 Å². The summed E-state index contributed by atoms with van der Waals surface area (Å²) < 4.78 is 5.23. The van der Waals surface area contributed by atoms with Gasteiger partial charge in [0, 0.05) is 23.5 Å². The minimum absolute atomic E-state index is 0.339. The first kappa shape index (κ1) is 11.9. The standard InChI is InChI=1S/C14H17NO2/c1-2-7-17-10-12(16)8-11-9-15-14-6-4-3-5-13(11)14/h2-6,9,12,15-16H,1,7-8,10H2. The molecule has 0 aliphatic carbocycles. The Morgan fingerprint density at radius 3 is 3.06 bits per heavy atom. The van der Waals surface area contributed by atoms with Gasteiger partial charge in [0.05, 0.1) is 19.3 Å². The lowest BCUT2D eigenvalue weighted by Gasteiger charge is -2.09. The number of hydrogen-bond donors (Lipinski definition) is 2. The molecule has 1 aromatic heterocycles. The van der Waals surface area contributed by atoms with Gasteiger partial charge in [-0.15, -0.1) is 6.58 Å². The normalized spacial score (nSPS) is 12.8. The maximum absolute atomic E-state index is 9.83. The summed E-state index contributed by atoms with van der Waals surface area (Å²) in [4.78, 5) is 3.19. The molecule has 0 spiro atoms. The zero-order valence-electron chi connectivity index (χ0n) is 9.73. The molecular formula is C14H17NO2. The Balaban J connectivity index is 2.00. The van der Waals surface area contributed by atoms with Crippen molar-refractivity contribution in [3.8, 4) is 0 Å². The third kappa shape index (κ3) is 2.96. The van der Waals surface area contributed by atoms with Crippen molar-refractivity contribution in [1.29, 1.82) is 0 Å². The number of aromatic nitrogens is 1. The SMILES string of the molecule is C=CCOCC(O)Cc1c[nH]c2ccccc12. The minimum Gasteiger partial charge on any atom is -0.390 e. The van der Waals surface area contributed by atoms with Crippen molar-refractivity contribution in [2.75, 3.05) is 13.2 Å². The van der Waals surface area contributed by atoms with Gasteiger partial charge in [-0.25, -0.2) is 0 Å². The van der Waals surface area contributed by atoms with Gasteiger partial charge in [-0.2, -0.15) is 0 Å². The van der Waals surface area contributed by atoms with E-state index in [-0.39, 0.29) is 0 Å². The van der Waals surface area contributed by atoms with E-state index in [4.69, 9.17) is 4.74 Å². The first-order valence-electron chi connectivity index (χ1n) is 5.73. The highest BCUT2D eigenvalue weighted by atomic mass is 16.5. The quantitative estimate of drug-likeness (QED) is 0.591. The average Bonchev–Trinajstić information content (AvgIpc) is 2.73. The highest BCUT2D eigenvalue weighted by Crippen LogP contribution is 2.19. The van der Waals surface area contributed by atoms with E-state index in [2.05, 4.69) is 17.6 Å². The minimum atomic E-state index is -0.478. The monoisotopic (exact) mass is 231 g/mol. The fourth-order valence-electron chi connectivity index (χ4n) is 1.90. The Morgan fingerprint density at radius 2 is 2.24 bits per heavy atom. The zero-order chi connectivity index (χ0) is 12.1. The number of H-pyrrole nitrogens is 1. The lowest BCUT2D eigenvalue weighted by atomic mass is 10.1. The molecule has 3 nitrogen and oxygen atoms in total. The third-order valence-corrected chi connectivity index (χ3v) is 2.68. The Kier molecular flexibility index (Phi) is 3.96. The summed E-state index contributed by atoms with van der Waals surface area (Å²) in [5.41, 5.74) is 2.22. The number of ether oxygens (including phenoxy) is 1. The highest BCUT2D eigenvalue weighted by molar-refractivity contribution is 5.83. The van der Waals surface area contributed by atoms with Gasteiger partial charge in [-0.1, -0.05) is 24.3 Å². The molecule has 0 bridgehead atoms. The smallest absolute Gasteiger partial charge is 0.0814 e. The summed E-state index contributed by atoms with van der Waals surface area (Å²) in [6, 6.07) is 8.07. The van der Waals surface area contributed by atoms with Crippen LogP contribution in [0.4, 0.5) is 0 Å². The molecule has 0 fully saturated rings. The molecule has 1 unspecified atom stereocenters. The van der Waals surface area contributed by atoms with Gasteiger partial charge >= 0.3 is 0 Å². The number of hydrogen-bond acceptors (Lipinski definition) is 2. The summed E-state index contributed by atoms with van der Waals surface area (Å²) in [6.45, 7) is 4.38. The highest BCUT2D eigenvalue weighted by Gasteiger charge is 2.09. The molecule has 0 saturated heterocycles. The first-order chi connectivity index (χ1) is 8.31. The molecule has 3 heteroatoms. The Hall–Kier alpha value is -1.58. The summed E-state index contributed by atoms with van der Waals surface area (Å²) in [5.74, 6) is 0. The fraction of sp³-hybridized carbons (Fsp3) is 0.286. The van der Waals surface area contributed by atoms with Crippen LogP contribution in [0.1, 0.15) is 5.56 Å². The van der Waals surface area contributed by atoms with E-state index >= 15 is 0 Å². The number of benzene rings is 1. The number of aromatic amines is 1. The van der Waals surface area contributed by atoms with Crippen molar-refractivity contribution < 1.29 is 9.84 Å². The van der Waals surface area contributed by atoms with Crippen LogP contribution in [-0.4, -0.2) is 29.4 Å². The maximum atomic E-state index is 9.83. The largest absolute Gasteiger partial charge is 0.390 e. The number of aliphatic hydroxyl groups excluding tert-OH is 1. The van der Waals surface area contributed by atoms with Crippen molar-refractivity contribution in [2.24, 2.45) is 0 Å². The number of fused-ring (bicyclic) bond motifs is 1. The summed E-state index contributed by atoms with van der Waals surface area (Å²) in [6.07, 6.45) is 3.75. The van der Waals surface area contributed by atoms with Gasteiger partial charge < -0.3 is 14.8 Å². The van der Waals surface area contributed by atoms with Crippen LogP contribution >= 0.6 is 0 Å². The third-order valence-electron chi connectivity index (χ3n) is 2.68. The van der Waals surface area contributed by atoms with Crippen LogP contribution in [0, 0.1) is 0 Å². The van der Waals surface area contributed by atoms with Crippen LogP contribution in [0.15, 0.2) is 43.1 Å². The van der Waals surface area contributed by atoms with E-state index in [1.807, 2.05) is 24.4 Å².